The second-order valence-electron chi connectivity index (χ2n) is 11.1. The normalized spacial score (nSPS) is 11.9. The maximum atomic E-state index is 14.4. The predicted molar refractivity (Wildman–Crippen MR) is 173 cm³/mol. The van der Waals surface area contributed by atoms with Crippen molar-refractivity contribution in [1.82, 2.24) is 10.2 Å². The highest BCUT2D eigenvalue weighted by molar-refractivity contribution is 7.92. The molecule has 10 nitrogen and oxygen atoms in total. The third-order valence-corrected chi connectivity index (χ3v) is 8.95. The van der Waals surface area contributed by atoms with Crippen molar-refractivity contribution >= 4 is 33.2 Å². The molecule has 46 heavy (non-hydrogen) atoms. The average molecular weight is 647 g/mol. The summed E-state index contributed by atoms with van der Waals surface area (Å²) in [6, 6.07) is 25.8. The molecule has 0 radical (unpaired) electrons. The number of benzene rings is 4. The van der Waals surface area contributed by atoms with E-state index in [0.29, 0.717) is 12.1 Å². The standard InChI is InChI=1S/C34H35FN4O6S/c1-25(2)22-36-34(41)32(20-26-10-5-3-6-11-26)37(23-27-16-18-28(35)19-17-27)33(40)24-38(29-12-9-13-30(21-29)39(42)43)46(44,45)31-14-7-4-8-15-31/h3-19,21,25,32H,20,22-24H2,1-2H3,(H,36,41)/t32-/m0/s1. The Labute approximate surface area is 267 Å². The molecule has 0 aliphatic rings. The van der Waals surface area contributed by atoms with Gasteiger partial charge in [0.15, 0.2) is 0 Å². The van der Waals surface area contributed by atoms with E-state index in [0.717, 1.165) is 15.9 Å². The van der Waals surface area contributed by atoms with Gasteiger partial charge in [0.1, 0.15) is 18.4 Å². The smallest absolute Gasteiger partial charge is 0.271 e. The third-order valence-electron chi connectivity index (χ3n) is 7.16. The van der Waals surface area contributed by atoms with Crippen molar-refractivity contribution in [2.75, 3.05) is 17.4 Å². The average Bonchev–Trinajstić information content (AvgIpc) is 3.05. The van der Waals surface area contributed by atoms with E-state index < -0.39 is 45.2 Å². The number of anilines is 1. The third kappa shape index (κ3) is 8.75. The van der Waals surface area contributed by atoms with E-state index in [1.165, 1.54) is 71.6 Å². The molecule has 0 aliphatic heterocycles. The van der Waals surface area contributed by atoms with E-state index in [1.807, 2.05) is 32.0 Å². The molecule has 12 heteroatoms. The fraction of sp³-hybridized carbons (Fsp3) is 0.235. The second-order valence-corrected chi connectivity index (χ2v) is 13.0. The van der Waals surface area contributed by atoms with E-state index in [9.17, 15) is 32.5 Å². The number of nitro groups is 1. The fourth-order valence-electron chi connectivity index (χ4n) is 4.77. The minimum absolute atomic E-state index is 0.1000. The number of amides is 2. The lowest BCUT2D eigenvalue weighted by molar-refractivity contribution is -0.384. The largest absolute Gasteiger partial charge is 0.354 e. The Morgan fingerprint density at radius 2 is 1.50 bits per heavy atom. The van der Waals surface area contributed by atoms with Gasteiger partial charge in [-0.25, -0.2) is 12.8 Å². The zero-order chi connectivity index (χ0) is 33.3. The Bertz CT molecular complexity index is 1750. The maximum Gasteiger partial charge on any atom is 0.271 e. The quantitative estimate of drug-likeness (QED) is 0.145. The lowest BCUT2D eigenvalue weighted by atomic mass is 10.0. The van der Waals surface area contributed by atoms with Gasteiger partial charge in [0.2, 0.25) is 11.8 Å². The van der Waals surface area contributed by atoms with Crippen LogP contribution in [0, 0.1) is 21.8 Å². The highest BCUT2D eigenvalue weighted by atomic mass is 32.2. The molecule has 0 saturated carbocycles. The van der Waals surface area contributed by atoms with Crippen LogP contribution in [0.5, 0.6) is 0 Å². The molecule has 0 saturated heterocycles. The van der Waals surface area contributed by atoms with Crippen LogP contribution in [-0.2, 0) is 32.6 Å². The van der Waals surface area contributed by atoms with Gasteiger partial charge in [-0.2, -0.15) is 0 Å². The molecule has 0 spiro atoms. The highest BCUT2D eigenvalue weighted by Crippen LogP contribution is 2.28. The Kier molecular flexibility index (Phi) is 11.2. The molecule has 0 aliphatic carbocycles. The van der Waals surface area contributed by atoms with Crippen LogP contribution in [0.3, 0.4) is 0 Å². The molecule has 0 bridgehead atoms. The Morgan fingerprint density at radius 1 is 0.870 bits per heavy atom. The molecule has 4 aromatic rings. The number of rotatable bonds is 14. The van der Waals surface area contributed by atoms with Crippen molar-refractivity contribution in [3.8, 4) is 0 Å². The SMILES string of the molecule is CC(C)CNC(=O)[C@H](Cc1ccccc1)N(Cc1ccc(F)cc1)C(=O)CN(c1cccc([N+](=O)[O-])c1)S(=O)(=O)c1ccccc1. The van der Waals surface area contributed by atoms with Gasteiger partial charge in [-0.1, -0.05) is 80.6 Å². The lowest BCUT2D eigenvalue weighted by Crippen LogP contribution is -2.53. The molecule has 1 N–H and O–H groups in total. The first-order chi connectivity index (χ1) is 22.0. The summed E-state index contributed by atoms with van der Waals surface area (Å²) in [6.07, 6.45) is 0.111. The van der Waals surface area contributed by atoms with Crippen LogP contribution in [0.15, 0.2) is 114 Å². The van der Waals surface area contributed by atoms with E-state index in [4.69, 9.17) is 0 Å². The first-order valence-electron chi connectivity index (χ1n) is 14.6. The molecule has 2 amide bonds. The Balaban J connectivity index is 1.82. The van der Waals surface area contributed by atoms with Crippen LogP contribution in [0.4, 0.5) is 15.8 Å². The monoisotopic (exact) mass is 646 g/mol. The molecule has 0 aromatic heterocycles. The minimum atomic E-state index is -4.42. The molecule has 4 rings (SSSR count). The van der Waals surface area contributed by atoms with Crippen LogP contribution < -0.4 is 9.62 Å². The molecule has 0 unspecified atom stereocenters. The molecule has 1 atom stereocenters. The molecule has 0 fully saturated rings. The van der Waals surface area contributed by atoms with Gasteiger partial charge < -0.3 is 10.2 Å². The number of hydrogen-bond acceptors (Lipinski definition) is 6. The van der Waals surface area contributed by atoms with Crippen LogP contribution in [-0.4, -0.2) is 49.2 Å². The summed E-state index contributed by atoms with van der Waals surface area (Å²) < 4.78 is 42.6. The van der Waals surface area contributed by atoms with Crippen molar-refractivity contribution in [1.29, 1.82) is 0 Å². The number of nitrogens with zero attached hydrogens (tertiary/aromatic N) is 3. The number of non-ortho nitro benzene ring substituents is 1. The number of hydrogen-bond donors (Lipinski definition) is 1. The predicted octanol–water partition coefficient (Wildman–Crippen LogP) is 5.34. The van der Waals surface area contributed by atoms with Crippen molar-refractivity contribution in [2.45, 2.75) is 37.8 Å². The van der Waals surface area contributed by atoms with Crippen molar-refractivity contribution in [3.05, 3.63) is 136 Å². The molecule has 0 heterocycles. The molecule has 240 valence electrons. The summed E-state index contributed by atoms with van der Waals surface area (Å²) in [4.78, 5) is 40.2. The van der Waals surface area contributed by atoms with Crippen LogP contribution >= 0.6 is 0 Å². The molecule has 4 aromatic carbocycles. The van der Waals surface area contributed by atoms with E-state index in [2.05, 4.69) is 5.32 Å². The van der Waals surface area contributed by atoms with Gasteiger partial charge in [-0.15, -0.1) is 0 Å². The minimum Gasteiger partial charge on any atom is -0.354 e. The van der Waals surface area contributed by atoms with Crippen LogP contribution in [0.2, 0.25) is 0 Å². The van der Waals surface area contributed by atoms with Crippen molar-refractivity contribution < 1.29 is 27.3 Å². The highest BCUT2D eigenvalue weighted by Gasteiger charge is 2.35. The second kappa shape index (κ2) is 15.3. The number of carbonyl (C=O) groups is 2. The van der Waals surface area contributed by atoms with Crippen LogP contribution in [0.1, 0.15) is 25.0 Å². The summed E-state index contributed by atoms with van der Waals surface area (Å²) in [6.45, 7) is 3.28. The van der Waals surface area contributed by atoms with Gasteiger partial charge in [0.05, 0.1) is 15.5 Å². The van der Waals surface area contributed by atoms with E-state index in [1.54, 1.807) is 18.2 Å². The number of nitrogens with one attached hydrogen (secondary N) is 1. The van der Waals surface area contributed by atoms with Gasteiger partial charge in [0, 0.05) is 31.6 Å². The zero-order valence-corrected chi connectivity index (χ0v) is 26.3. The van der Waals surface area contributed by atoms with Crippen LogP contribution in [0.25, 0.3) is 0 Å². The van der Waals surface area contributed by atoms with Gasteiger partial charge in [-0.3, -0.25) is 24.0 Å². The van der Waals surface area contributed by atoms with Crippen molar-refractivity contribution in [2.24, 2.45) is 5.92 Å². The molecular weight excluding hydrogens is 611 g/mol. The van der Waals surface area contributed by atoms with Gasteiger partial charge in [-0.05, 0) is 47.4 Å². The topological polar surface area (TPSA) is 130 Å². The first kappa shape index (κ1) is 33.8. The summed E-state index contributed by atoms with van der Waals surface area (Å²) in [5.74, 6) is -1.55. The summed E-state index contributed by atoms with van der Waals surface area (Å²) >= 11 is 0. The lowest BCUT2D eigenvalue weighted by Gasteiger charge is -2.34. The maximum absolute atomic E-state index is 14.4. The number of sulfonamides is 1. The van der Waals surface area contributed by atoms with E-state index >= 15 is 0 Å². The Morgan fingerprint density at radius 3 is 2.11 bits per heavy atom. The van der Waals surface area contributed by atoms with Gasteiger partial charge >= 0.3 is 0 Å². The fourth-order valence-corrected chi connectivity index (χ4v) is 6.20. The number of carbonyl (C=O) groups excluding carboxylic acids is 2. The zero-order valence-electron chi connectivity index (χ0n) is 25.5. The van der Waals surface area contributed by atoms with Gasteiger partial charge in [0.25, 0.3) is 15.7 Å². The summed E-state index contributed by atoms with van der Waals surface area (Å²) in [5.41, 5.74) is 0.808. The molecular formula is C34H35FN4O6S. The first-order valence-corrected chi connectivity index (χ1v) is 16.1. The number of nitro benzene ring substituents is 1. The Hall–Kier alpha value is -5.10. The number of halogens is 1. The van der Waals surface area contributed by atoms with Crippen molar-refractivity contribution in [3.63, 3.8) is 0 Å². The van der Waals surface area contributed by atoms with E-state index in [-0.39, 0.29) is 35.2 Å². The summed E-state index contributed by atoms with van der Waals surface area (Å²) in [5, 5.41) is 14.5. The summed E-state index contributed by atoms with van der Waals surface area (Å²) in [7, 11) is -4.42.